The normalized spacial score (nSPS) is 18.3. The van der Waals surface area contributed by atoms with E-state index in [0.29, 0.717) is 12.5 Å². The van der Waals surface area contributed by atoms with Crippen LogP contribution in [0.3, 0.4) is 0 Å². The summed E-state index contributed by atoms with van der Waals surface area (Å²) >= 11 is 0. The Morgan fingerprint density at radius 2 is 1.71 bits per heavy atom. The summed E-state index contributed by atoms with van der Waals surface area (Å²) in [4.78, 5) is 28.1. The summed E-state index contributed by atoms with van der Waals surface area (Å²) in [5, 5.41) is 6.30. The van der Waals surface area contributed by atoms with Crippen molar-refractivity contribution in [3.63, 3.8) is 0 Å². The van der Waals surface area contributed by atoms with E-state index in [1.54, 1.807) is 12.1 Å². The molecule has 4 rings (SSSR count). The van der Waals surface area contributed by atoms with Gasteiger partial charge in [-0.1, -0.05) is 57.4 Å². The first kappa shape index (κ1) is 28.3. The molecule has 2 N–H and O–H groups in total. The first-order chi connectivity index (χ1) is 18.3. The standard InChI is InChI=1S/C32H44FN3O2/c1-23(2)30(37)35-29-10-7-9-28(24(29)3)25-15-21-36(22-16-25)20-8-19-34-31(38)32(17-5-4-6-18-32)26-11-13-27(33)14-12-26/h7,9-14,23,25H,4-6,8,15-22H2,1-3H3,(H,34,38)(H,35,37). The quantitative estimate of drug-likeness (QED) is 0.380. The molecular formula is C32H44FN3O2. The molecule has 1 aliphatic heterocycles. The number of halogens is 1. The number of hydrogen-bond donors (Lipinski definition) is 2. The zero-order valence-electron chi connectivity index (χ0n) is 23.3. The van der Waals surface area contributed by atoms with Gasteiger partial charge in [0.1, 0.15) is 5.82 Å². The number of rotatable bonds is 9. The van der Waals surface area contributed by atoms with E-state index in [1.165, 1.54) is 23.3 Å². The number of amides is 2. The van der Waals surface area contributed by atoms with Crippen molar-refractivity contribution in [2.24, 2.45) is 5.92 Å². The highest BCUT2D eigenvalue weighted by Crippen LogP contribution is 2.40. The van der Waals surface area contributed by atoms with Gasteiger partial charge in [-0.25, -0.2) is 4.39 Å². The van der Waals surface area contributed by atoms with Gasteiger partial charge in [0.05, 0.1) is 5.41 Å². The van der Waals surface area contributed by atoms with Crippen LogP contribution in [0.1, 0.15) is 87.8 Å². The van der Waals surface area contributed by atoms with Crippen molar-refractivity contribution in [1.29, 1.82) is 0 Å². The Kier molecular flexibility index (Phi) is 9.59. The van der Waals surface area contributed by atoms with Crippen molar-refractivity contribution in [2.45, 2.75) is 83.5 Å². The van der Waals surface area contributed by atoms with E-state index in [4.69, 9.17) is 0 Å². The Balaban J connectivity index is 1.25. The minimum Gasteiger partial charge on any atom is -0.355 e. The van der Waals surface area contributed by atoms with Crippen LogP contribution in [-0.2, 0) is 15.0 Å². The van der Waals surface area contributed by atoms with E-state index in [2.05, 4.69) is 34.6 Å². The number of carbonyl (C=O) groups is 2. The predicted molar refractivity (Wildman–Crippen MR) is 152 cm³/mol. The molecule has 5 nitrogen and oxygen atoms in total. The Morgan fingerprint density at radius 3 is 2.37 bits per heavy atom. The second-order valence-electron chi connectivity index (χ2n) is 11.5. The molecular weight excluding hydrogens is 477 g/mol. The van der Waals surface area contributed by atoms with E-state index in [0.717, 1.165) is 82.3 Å². The van der Waals surface area contributed by atoms with Gasteiger partial charge in [0.25, 0.3) is 0 Å². The molecule has 206 valence electrons. The Labute approximate surface area is 227 Å². The number of carbonyl (C=O) groups excluding carboxylic acids is 2. The first-order valence-corrected chi connectivity index (χ1v) is 14.5. The SMILES string of the molecule is Cc1c(NC(=O)C(C)C)cccc1C1CCN(CCCNC(=O)C2(c3ccc(F)cc3)CCCCC2)CC1. The average molecular weight is 522 g/mol. The minimum absolute atomic E-state index is 0.0396. The van der Waals surface area contributed by atoms with Gasteiger partial charge in [-0.2, -0.15) is 0 Å². The molecule has 0 radical (unpaired) electrons. The first-order valence-electron chi connectivity index (χ1n) is 14.5. The van der Waals surface area contributed by atoms with E-state index in [1.807, 2.05) is 19.9 Å². The van der Waals surface area contributed by atoms with Gasteiger partial charge < -0.3 is 15.5 Å². The van der Waals surface area contributed by atoms with Crippen LogP contribution < -0.4 is 10.6 Å². The predicted octanol–water partition coefficient (Wildman–Crippen LogP) is 6.32. The summed E-state index contributed by atoms with van der Waals surface area (Å²) in [5.41, 5.74) is 3.88. The van der Waals surface area contributed by atoms with Gasteiger partial charge in [0.2, 0.25) is 11.8 Å². The topological polar surface area (TPSA) is 61.4 Å². The molecule has 0 atom stereocenters. The number of hydrogen-bond acceptors (Lipinski definition) is 3. The molecule has 6 heteroatoms. The molecule has 0 aromatic heterocycles. The highest BCUT2D eigenvalue weighted by atomic mass is 19.1. The van der Waals surface area contributed by atoms with Crippen molar-refractivity contribution in [2.75, 3.05) is 31.5 Å². The van der Waals surface area contributed by atoms with Crippen LogP contribution in [0.4, 0.5) is 10.1 Å². The molecule has 1 aliphatic carbocycles. The second kappa shape index (κ2) is 12.9. The van der Waals surface area contributed by atoms with Crippen LogP contribution in [0.2, 0.25) is 0 Å². The molecule has 2 aliphatic rings. The van der Waals surface area contributed by atoms with Gasteiger partial charge in [0, 0.05) is 18.2 Å². The van der Waals surface area contributed by atoms with Gasteiger partial charge in [-0.15, -0.1) is 0 Å². The fraction of sp³-hybridized carbons (Fsp3) is 0.562. The summed E-state index contributed by atoms with van der Waals surface area (Å²) in [6.45, 7) is 9.66. The molecule has 0 bridgehead atoms. The Bertz CT molecular complexity index is 1080. The largest absolute Gasteiger partial charge is 0.355 e. The Morgan fingerprint density at radius 1 is 1.03 bits per heavy atom. The van der Waals surface area contributed by atoms with Crippen molar-refractivity contribution in [3.05, 3.63) is 65.0 Å². The maximum atomic E-state index is 13.5. The minimum atomic E-state index is -0.522. The van der Waals surface area contributed by atoms with Crippen molar-refractivity contribution >= 4 is 17.5 Å². The van der Waals surface area contributed by atoms with E-state index in [9.17, 15) is 14.0 Å². The second-order valence-corrected chi connectivity index (χ2v) is 11.5. The van der Waals surface area contributed by atoms with Gasteiger partial charge in [0.15, 0.2) is 0 Å². The Hall–Kier alpha value is -2.73. The fourth-order valence-electron chi connectivity index (χ4n) is 6.22. The molecule has 0 spiro atoms. The van der Waals surface area contributed by atoms with Gasteiger partial charge in [-0.3, -0.25) is 9.59 Å². The zero-order valence-corrected chi connectivity index (χ0v) is 23.3. The lowest BCUT2D eigenvalue weighted by atomic mass is 9.68. The number of piperidine rings is 1. The summed E-state index contributed by atoms with van der Waals surface area (Å²) in [6, 6.07) is 12.8. The molecule has 1 saturated heterocycles. The van der Waals surface area contributed by atoms with Crippen LogP contribution >= 0.6 is 0 Å². The third kappa shape index (κ3) is 6.63. The van der Waals surface area contributed by atoms with Gasteiger partial charge in [-0.05, 0) is 99.5 Å². The molecule has 0 unspecified atom stereocenters. The van der Waals surface area contributed by atoms with Crippen molar-refractivity contribution in [3.8, 4) is 0 Å². The zero-order chi connectivity index (χ0) is 27.1. The van der Waals surface area contributed by atoms with E-state index < -0.39 is 5.41 Å². The third-order valence-electron chi connectivity index (χ3n) is 8.66. The summed E-state index contributed by atoms with van der Waals surface area (Å²) in [6.07, 6.45) is 8.01. The molecule has 1 saturated carbocycles. The van der Waals surface area contributed by atoms with E-state index >= 15 is 0 Å². The maximum absolute atomic E-state index is 13.5. The van der Waals surface area contributed by atoms with Crippen LogP contribution in [0, 0.1) is 18.7 Å². The smallest absolute Gasteiger partial charge is 0.230 e. The molecule has 1 heterocycles. The summed E-state index contributed by atoms with van der Waals surface area (Å²) in [7, 11) is 0. The van der Waals surface area contributed by atoms with Crippen LogP contribution in [0.15, 0.2) is 42.5 Å². The van der Waals surface area contributed by atoms with Crippen LogP contribution in [-0.4, -0.2) is 42.9 Å². The summed E-state index contributed by atoms with van der Waals surface area (Å²) < 4.78 is 13.5. The number of anilines is 1. The van der Waals surface area contributed by atoms with Crippen molar-refractivity contribution < 1.29 is 14.0 Å². The third-order valence-corrected chi connectivity index (χ3v) is 8.66. The fourth-order valence-corrected chi connectivity index (χ4v) is 6.22. The molecule has 2 aromatic rings. The number of nitrogens with one attached hydrogen (secondary N) is 2. The number of nitrogens with zero attached hydrogens (tertiary/aromatic N) is 1. The average Bonchev–Trinajstić information content (AvgIpc) is 2.93. The van der Waals surface area contributed by atoms with Crippen LogP contribution in [0.25, 0.3) is 0 Å². The highest BCUT2D eigenvalue weighted by molar-refractivity contribution is 5.93. The molecule has 2 amide bonds. The van der Waals surface area contributed by atoms with E-state index in [-0.39, 0.29) is 23.5 Å². The molecule has 38 heavy (non-hydrogen) atoms. The molecule has 2 fully saturated rings. The lowest BCUT2D eigenvalue weighted by molar-refractivity contribution is -0.128. The van der Waals surface area contributed by atoms with Crippen molar-refractivity contribution in [1.82, 2.24) is 10.2 Å². The van der Waals surface area contributed by atoms with Gasteiger partial charge >= 0.3 is 0 Å². The number of benzene rings is 2. The highest BCUT2D eigenvalue weighted by Gasteiger charge is 2.40. The number of likely N-dealkylation sites (tertiary alicyclic amines) is 1. The monoisotopic (exact) mass is 521 g/mol. The van der Waals surface area contributed by atoms with Crippen LogP contribution in [0.5, 0.6) is 0 Å². The molecule has 2 aromatic carbocycles. The lowest BCUT2D eigenvalue weighted by Gasteiger charge is -2.36. The lowest BCUT2D eigenvalue weighted by Crippen LogP contribution is -2.46. The summed E-state index contributed by atoms with van der Waals surface area (Å²) in [5.74, 6) is 0.359. The maximum Gasteiger partial charge on any atom is 0.230 e.